The van der Waals surface area contributed by atoms with Crippen molar-refractivity contribution in [1.82, 2.24) is 5.32 Å². The van der Waals surface area contributed by atoms with Crippen LogP contribution in [0.15, 0.2) is 57.9 Å². The number of methoxy groups -OCH3 is 1. The maximum absolute atomic E-state index is 11.7. The number of nitrogens with zero attached hydrogens (tertiary/aromatic N) is 1. The Kier molecular flexibility index (Phi) is 9.83. The molecule has 7 heteroatoms. The summed E-state index contributed by atoms with van der Waals surface area (Å²) in [5.41, 5.74) is 5.19. The van der Waals surface area contributed by atoms with Gasteiger partial charge in [-0.25, -0.2) is 0 Å². The fourth-order valence-electron chi connectivity index (χ4n) is 5.25. The first-order valence-electron chi connectivity index (χ1n) is 13.4. The van der Waals surface area contributed by atoms with Crippen molar-refractivity contribution >= 4 is 35.3 Å². The zero-order valence-electron chi connectivity index (χ0n) is 22.1. The molecule has 0 radical (unpaired) electrons. The number of ether oxygens (including phenoxy) is 1. The standard InChI is InChI=1S/C28H33N3O3S.C2H6/c1-34-23-7-8-24-21(15-23)14-20(10-11-29-24)26(32)13-18-2-5-22(6-3-18)30-16-19-4-9-27-25(12-19)31-28(33)17-35-27;1-2/h4,7-12,15,18,22,26,30,32H,2-3,5-6,13-14,16-17H2,1H3,(H,31,33);1-2H3. The van der Waals surface area contributed by atoms with Crippen LogP contribution in [0.25, 0.3) is 0 Å². The fraction of sp³-hybridized carbons (Fsp3) is 0.467. The van der Waals surface area contributed by atoms with E-state index in [1.54, 1.807) is 18.9 Å². The van der Waals surface area contributed by atoms with Gasteiger partial charge in [0.1, 0.15) is 5.75 Å². The lowest BCUT2D eigenvalue weighted by atomic mass is 9.81. The van der Waals surface area contributed by atoms with Crippen LogP contribution in [0.4, 0.5) is 11.4 Å². The van der Waals surface area contributed by atoms with Crippen molar-refractivity contribution in [3.05, 3.63) is 59.2 Å². The number of nitrogens with one attached hydrogen (secondary N) is 2. The molecule has 1 unspecified atom stereocenters. The Bertz CT molecular complexity index is 1140. The van der Waals surface area contributed by atoms with E-state index in [1.165, 1.54) is 5.56 Å². The highest BCUT2D eigenvalue weighted by molar-refractivity contribution is 8.00. The van der Waals surface area contributed by atoms with Crippen LogP contribution in [0.2, 0.25) is 0 Å². The summed E-state index contributed by atoms with van der Waals surface area (Å²) in [4.78, 5) is 17.3. The number of thioether (sulfide) groups is 1. The minimum Gasteiger partial charge on any atom is -0.497 e. The zero-order chi connectivity index (χ0) is 26.2. The lowest BCUT2D eigenvalue weighted by molar-refractivity contribution is -0.113. The van der Waals surface area contributed by atoms with Crippen LogP contribution in [0.3, 0.4) is 0 Å². The third-order valence-electron chi connectivity index (χ3n) is 7.29. The largest absolute Gasteiger partial charge is 0.497 e. The van der Waals surface area contributed by atoms with Gasteiger partial charge in [-0.1, -0.05) is 19.9 Å². The van der Waals surface area contributed by atoms with Crippen LogP contribution in [0.5, 0.6) is 5.75 Å². The van der Waals surface area contributed by atoms with E-state index >= 15 is 0 Å². The summed E-state index contributed by atoms with van der Waals surface area (Å²) in [6.45, 7) is 4.81. The van der Waals surface area contributed by atoms with Gasteiger partial charge in [-0.05, 0) is 97.6 Å². The molecule has 0 aromatic heterocycles. The van der Waals surface area contributed by atoms with E-state index in [-0.39, 0.29) is 5.91 Å². The third kappa shape index (κ3) is 7.24. The summed E-state index contributed by atoms with van der Waals surface area (Å²) in [5.74, 6) is 1.92. The topological polar surface area (TPSA) is 83.0 Å². The molecule has 3 N–H and O–H groups in total. The molecule has 1 aliphatic carbocycles. The molecule has 0 saturated heterocycles. The van der Waals surface area contributed by atoms with E-state index in [4.69, 9.17) is 4.74 Å². The van der Waals surface area contributed by atoms with Crippen LogP contribution in [-0.4, -0.2) is 42.2 Å². The Morgan fingerprint density at radius 3 is 2.76 bits per heavy atom. The molecule has 2 heterocycles. The van der Waals surface area contributed by atoms with E-state index in [9.17, 15) is 9.90 Å². The molecule has 1 fully saturated rings. The molecule has 0 spiro atoms. The van der Waals surface area contributed by atoms with E-state index in [1.807, 2.05) is 44.3 Å². The van der Waals surface area contributed by atoms with Gasteiger partial charge in [0.15, 0.2) is 0 Å². The van der Waals surface area contributed by atoms with Gasteiger partial charge in [0.05, 0.1) is 30.3 Å². The summed E-state index contributed by atoms with van der Waals surface area (Å²) < 4.78 is 5.37. The van der Waals surface area contributed by atoms with E-state index in [0.29, 0.717) is 24.1 Å². The van der Waals surface area contributed by atoms with Gasteiger partial charge in [0.2, 0.25) is 5.91 Å². The van der Waals surface area contributed by atoms with Crippen LogP contribution in [0.1, 0.15) is 57.1 Å². The maximum atomic E-state index is 11.7. The molecule has 2 aromatic rings. The molecule has 2 aliphatic heterocycles. The minimum atomic E-state index is -0.448. The molecule has 0 bridgehead atoms. The van der Waals surface area contributed by atoms with E-state index in [2.05, 4.69) is 33.8 Å². The first-order valence-corrected chi connectivity index (χ1v) is 14.4. The number of aliphatic imine (C=N–C) groups is 1. The van der Waals surface area contributed by atoms with Gasteiger partial charge in [0.25, 0.3) is 0 Å². The Morgan fingerprint density at radius 1 is 1.16 bits per heavy atom. The second-order valence-electron chi connectivity index (χ2n) is 9.71. The number of fused-ring (bicyclic) bond motifs is 2. The zero-order valence-corrected chi connectivity index (χ0v) is 22.9. The number of aliphatic hydroxyl groups is 1. The number of benzene rings is 2. The predicted octanol–water partition coefficient (Wildman–Crippen LogP) is 6.05. The van der Waals surface area contributed by atoms with Gasteiger partial charge in [0, 0.05) is 23.7 Å². The molecule has 1 amide bonds. The van der Waals surface area contributed by atoms with Gasteiger partial charge >= 0.3 is 0 Å². The van der Waals surface area contributed by atoms with Crippen molar-refractivity contribution in [1.29, 1.82) is 0 Å². The van der Waals surface area contributed by atoms with Crippen molar-refractivity contribution in [2.45, 2.75) is 76.0 Å². The minimum absolute atomic E-state index is 0.0731. The van der Waals surface area contributed by atoms with Crippen molar-refractivity contribution in [2.24, 2.45) is 10.9 Å². The lowest BCUT2D eigenvalue weighted by Crippen LogP contribution is -2.33. The molecule has 1 atom stereocenters. The molecule has 3 aliphatic rings. The van der Waals surface area contributed by atoms with Gasteiger partial charge in [-0.2, -0.15) is 0 Å². The average molecular weight is 522 g/mol. The first-order chi connectivity index (χ1) is 18.1. The number of hydrogen-bond donors (Lipinski definition) is 3. The van der Waals surface area contributed by atoms with Gasteiger partial charge in [-0.3, -0.25) is 9.79 Å². The van der Waals surface area contributed by atoms with Crippen molar-refractivity contribution in [3.63, 3.8) is 0 Å². The summed E-state index contributed by atoms with van der Waals surface area (Å²) >= 11 is 1.60. The Labute approximate surface area is 225 Å². The van der Waals surface area contributed by atoms with Crippen LogP contribution < -0.4 is 15.4 Å². The summed E-state index contributed by atoms with van der Waals surface area (Å²) in [6, 6.07) is 12.8. The Hall–Kier alpha value is -2.61. The van der Waals surface area contributed by atoms with Crippen molar-refractivity contribution in [2.75, 3.05) is 18.2 Å². The summed E-state index contributed by atoms with van der Waals surface area (Å²) in [7, 11) is 1.67. The maximum Gasteiger partial charge on any atom is 0.234 e. The number of allylic oxidation sites excluding steroid dienone is 1. The second kappa shape index (κ2) is 13.3. The third-order valence-corrected chi connectivity index (χ3v) is 8.36. The quantitative estimate of drug-likeness (QED) is 0.413. The predicted molar refractivity (Wildman–Crippen MR) is 153 cm³/mol. The molecule has 6 nitrogen and oxygen atoms in total. The number of hydrogen-bond acceptors (Lipinski definition) is 6. The first kappa shape index (κ1) is 27.4. The SMILES string of the molecule is CC.COc1ccc2c(c1)CC(C(O)CC1CCC(NCc3ccc4c(c3)NC(=O)CS4)CC1)=CC=N2. The number of amides is 1. The van der Waals surface area contributed by atoms with Crippen molar-refractivity contribution < 1.29 is 14.6 Å². The molecule has 198 valence electrons. The van der Waals surface area contributed by atoms with E-state index < -0.39 is 6.10 Å². The highest BCUT2D eigenvalue weighted by atomic mass is 32.2. The highest BCUT2D eigenvalue weighted by Gasteiger charge is 2.25. The Morgan fingerprint density at radius 2 is 1.97 bits per heavy atom. The highest BCUT2D eigenvalue weighted by Crippen LogP contribution is 2.34. The molecule has 37 heavy (non-hydrogen) atoms. The number of anilines is 1. The molecule has 1 saturated carbocycles. The van der Waals surface area contributed by atoms with Crippen LogP contribution in [-0.2, 0) is 17.8 Å². The smallest absolute Gasteiger partial charge is 0.234 e. The van der Waals surface area contributed by atoms with Gasteiger partial charge in [-0.15, -0.1) is 11.8 Å². The summed E-state index contributed by atoms with van der Waals surface area (Å²) in [6.07, 6.45) is 9.32. The van der Waals surface area contributed by atoms with Crippen LogP contribution in [0, 0.1) is 5.92 Å². The van der Waals surface area contributed by atoms with Crippen LogP contribution >= 0.6 is 11.8 Å². The monoisotopic (exact) mass is 521 g/mol. The number of aliphatic hydroxyl groups excluding tert-OH is 1. The number of carbonyl (C=O) groups excluding carboxylic acids is 1. The Balaban J connectivity index is 0.00000156. The average Bonchev–Trinajstić information content (AvgIpc) is 3.15. The normalized spacial score (nSPS) is 21.3. The van der Waals surface area contributed by atoms with E-state index in [0.717, 1.165) is 71.8 Å². The fourth-order valence-corrected chi connectivity index (χ4v) is 6.04. The number of rotatable bonds is 7. The second-order valence-corrected chi connectivity index (χ2v) is 10.7. The van der Waals surface area contributed by atoms with Gasteiger partial charge < -0.3 is 20.5 Å². The summed E-state index contributed by atoms with van der Waals surface area (Å²) in [5, 5.41) is 17.7. The van der Waals surface area contributed by atoms with Crippen molar-refractivity contribution in [3.8, 4) is 5.75 Å². The molecular formula is C30H39N3O3S. The molecular weight excluding hydrogens is 482 g/mol. The lowest BCUT2D eigenvalue weighted by Gasteiger charge is -2.31. The number of carbonyl (C=O) groups is 1. The molecule has 5 rings (SSSR count). The molecule has 2 aromatic carbocycles.